The first kappa shape index (κ1) is 18.1. The van der Waals surface area contributed by atoms with Gasteiger partial charge in [0.15, 0.2) is 0 Å². The van der Waals surface area contributed by atoms with Crippen LogP contribution in [-0.4, -0.2) is 30.8 Å². The van der Waals surface area contributed by atoms with E-state index in [1.54, 1.807) is 31.4 Å². The van der Waals surface area contributed by atoms with Gasteiger partial charge in [-0.15, -0.1) is 11.8 Å². The number of rotatable bonds is 6. The van der Waals surface area contributed by atoms with Crippen molar-refractivity contribution in [3.8, 4) is 11.5 Å². The van der Waals surface area contributed by atoms with Crippen molar-refractivity contribution in [2.45, 2.75) is 23.5 Å². The van der Waals surface area contributed by atoms with E-state index in [0.717, 1.165) is 16.3 Å². The maximum atomic E-state index is 12.3. The molecule has 7 heteroatoms. The zero-order chi connectivity index (χ0) is 18.5. The molecule has 0 spiro atoms. The summed E-state index contributed by atoms with van der Waals surface area (Å²) in [6.07, 6.45) is 0.0842. The molecule has 1 unspecified atom stereocenters. The minimum Gasteiger partial charge on any atom is -0.497 e. The molecular weight excluding hydrogens is 352 g/mol. The SMILES string of the molecule is CCOc1ccc2c(c1)SC(CC(=O)Nc1ccc(OC)cc1)C(=O)N2. The minimum atomic E-state index is -0.488. The van der Waals surface area contributed by atoms with E-state index in [1.165, 1.54) is 11.8 Å². The van der Waals surface area contributed by atoms with E-state index in [-0.39, 0.29) is 18.2 Å². The molecule has 0 bridgehead atoms. The highest BCUT2D eigenvalue weighted by Gasteiger charge is 2.29. The average Bonchev–Trinajstić information content (AvgIpc) is 2.63. The summed E-state index contributed by atoms with van der Waals surface area (Å²) in [4.78, 5) is 25.5. The molecular formula is C19H20N2O4S. The van der Waals surface area contributed by atoms with Crippen molar-refractivity contribution < 1.29 is 19.1 Å². The Morgan fingerprint density at radius 2 is 1.92 bits per heavy atom. The van der Waals surface area contributed by atoms with E-state index in [4.69, 9.17) is 9.47 Å². The number of amides is 2. The number of nitrogens with one attached hydrogen (secondary N) is 2. The fourth-order valence-corrected chi connectivity index (χ4v) is 3.71. The van der Waals surface area contributed by atoms with E-state index in [1.807, 2.05) is 25.1 Å². The van der Waals surface area contributed by atoms with E-state index in [0.29, 0.717) is 18.0 Å². The Labute approximate surface area is 156 Å². The van der Waals surface area contributed by atoms with Crippen molar-refractivity contribution in [2.24, 2.45) is 0 Å². The van der Waals surface area contributed by atoms with Gasteiger partial charge < -0.3 is 20.1 Å². The summed E-state index contributed by atoms with van der Waals surface area (Å²) < 4.78 is 10.6. The van der Waals surface area contributed by atoms with Gasteiger partial charge in [0, 0.05) is 17.0 Å². The highest BCUT2D eigenvalue weighted by Crippen LogP contribution is 2.39. The number of hydrogen-bond donors (Lipinski definition) is 2. The predicted octanol–water partition coefficient (Wildman–Crippen LogP) is 3.54. The van der Waals surface area contributed by atoms with Gasteiger partial charge in [0.05, 0.1) is 24.7 Å². The smallest absolute Gasteiger partial charge is 0.238 e. The fourth-order valence-electron chi connectivity index (χ4n) is 2.57. The second kappa shape index (κ2) is 8.14. The van der Waals surface area contributed by atoms with Crippen LogP contribution >= 0.6 is 11.8 Å². The first-order valence-corrected chi connectivity index (χ1v) is 9.15. The lowest BCUT2D eigenvalue weighted by atomic mass is 10.2. The minimum absolute atomic E-state index is 0.0842. The van der Waals surface area contributed by atoms with Gasteiger partial charge in [0.25, 0.3) is 0 Å². The van der Waals surface area contributed by atoms with Gasteiger partial charge in [-0.25, -0.2) is 0 Å². The Hall–Kier alpha value is -2.67. The number of thioether (sulfide) groups is 1. The number of carbonyl (C=O) groups is 2. The third-order valence-electron chi connectivity index (χ3n) is 3.83. The van der Waals surface area contributed by atoms with Crippen molar-refractivity contribution in [1.29, 1.82) is 0 Å². The van der Waals surface area contributed by atoms with Gasteiger partial charge in [-0.05, 0) is 49.4 Å². The van der Waals surface area contributed by atoms with E-state index >= 15 is 0 Å². The largest absolute Gasteiger partial charge is 0.497 e. The topological polar surface area (TPSA) is 76.7 Å². The summed E-state index contributed by atoms with van der Waals surface area (Å²) in [7, 11) is 1.58. The number of benzene rings is 2. The predicted molar refractivity (Wildman–Crippen MR) is 102 cm³/mol. The Morgan fingerprint density at radius 3 is 2.62 bits per heavy atom. The lowest BCUT2D eigenvalue weighted by molar-refractivity contribution is -0.120. The third-order valence-corrected chi connectivity index (χ3v) is 5.09. The molecule has 0 saturated heterocycles. The molecule has 26 heavy (non-hydrogen) atoms. The zero-order valence-corrected chi connectivity index (χ0v) is 15.4. The van der Waals surface area contributed by atoms with Crippen molar-refractivity contribution >= 4 is 35.0 Å². The molecule has 2 amide bonds. The van der Waals surface area contributed by atoms with Crippen LogP contribution in [0.3, 0.4) is 0 Å². The van der Waals surface area contributed by atoms with Crippen LogP contribution in [0.25, 0.3) is 0 Å². The Kier molecular flexibility index (Phi) is 5.68. The van der Waals surface area contributed by atoms with E-state index in [9.17, 15) is 9.59 Å². The van der Waals surface area contributed by atoms with E-state index in [2.05, 4.69) is 10.6 Å². The molecule has 1 aliphatic heterocycles. The van der Waals surface area contributed by atoms with Crippen molar-refractivity contribution in [3.05, 3.63) is 42.5 Å². The first-order chi connectivity index (χ1) is 12.6. The second-order valence-corrected chi connectivity index (χ2v) is 6.91. The standard InChI is InChI=1S/C19H20N2O4S/c1-3-25-14-8-9-15-16(10-14)26-17(19(23)21-15)11-18(22)20-12-4-6-13(24-2)7-5-12/h4-10,17H,3,11H2,1-2H3,(H,20,22)(H,21,23). The molecule has 0 fully saturated rings. The van der Waals surface area contributed by atoms with Crippen LogP contribution in [0.5, 0.6) is 11.5 Å². The number of anilines is 2. The van der Waals surface area contributed by atoms with Crippen LogP contribution in [0, 0.1) is 0 Å². The van der Waals surface area contributed by atoms with Crippen molar-refractivity contribution in [1.82, 2.24) is 0 Å². The molecule has 2 N–H and O–H groups in total. The zero-order valence-electron chi connectivity index (χ0n) is 14.6. The lowest BCUT2D eigenvalue weighted by Gasteiger charge is -2.24. The van der Waals surface area contributed by atoms with Gasteiger partial charge in [0.2, 0.25) is 11.8 Å². The average molecular weight is 372 g/mol. The number of methoxy groups -OCH3 is 1. The third kappa shape index (κ3) is 4.29. The number of fused-ring (bicyclic) bond motifs is 1. The molecule has 6 nitrogen and oxygen atoms in total. The maximum absolute atomic E-state index is 12.3. The molecule has 0 saturated carbocycles. The van der Waals surface area contributed by atoms with Gasteiger partial charge in [0.1, 0.15) is 11.5 Å². The number of ether oxygens (including phenoxy) is 2. The van der Waals surface area contributed by atoms with Gasteiger partial charge in [-0.1, -0.05) is 0 Å². The van der Waals surface area contributed by atoms with Crippen LogP contribution < -0.4 is 20.1 Å². The molecule has 136 valence electrons. The van der Waals surface area contributed by atoms with Crippen LogP contribution in [-0.2, 0) is 9.59 Å². The van der Waals surface area contributed by atoms with Crippen molar-refractivity contribution in [3.63, 3.8) is 0 Å². The normalized spacial score (nSPS) is 15.6. The maximum Gasteiger partial charge on any atom is 0.238 e. The summed E-state index contributed by atoms with van der Waals surface area (Å²) in [6, 6.07) is 12.6. The molecule has 0 radical (unpaired) electrons. The Balaban J connectivity index is 1.64. The molecule has 1 heterocycles. The number of carbonyl (C=O) groups excluding carboxylic acids is 2. The lowest BCUT2D eigenvalue weighted by Crippen LogP contribution is -2.32. The Morgan fingerprint density at radius 1 is 1.19 bits per heavy atom. The number of hydrogen-bond acceptors (Lipinski definition) is 5. The molecule has 3 rings (SSSR count). The van der Waals surface area contributed by atoms with E-state index < -0.39 is 5.25 Å². The second-order valence-electron chi connectivity index (χ2n) is 5.67. The monoisotopic (exact) mass is 372 g/mol. The van der Waals surface area contributed by atoms with Gasteiger partial charge in [-0.3, -0.25) is 9.59 Å². The molecule has 2 aromatic carbocycles. The van der Waals surface area contributed by atoms with Gasteiger partial charge in [-0.2, -0.15) is 0 Å². The van der Waals surface area contributed by atoms with Crippen molar-refractivity contribution in [2.75, 3.05) is 24.4 Å². The fraction of sp³-hybridized carbons (Fsp3) is 0.263. The highest BCUT2D eigenvalue weighted by atomic mass is 32.2. The Bertz CT molecular complexity index is 808. The van der Waals surface area contributed by atoms with Crippen LogP contribution in [0.2, 0.25) is 0 Å². The quantitative estimate of drug-likeness (QED) is 0.811. The highest BCUT2D eigenvalue weighted by molar-refractivity contribution is 8.01. The molecule has 1 aliphatic rings. The summed E-state index contributed by atoms with van der Waals surface area (Å²) in [5.74, 6) is 1.08. The summed E-state index contributed by atoms with van der Waals surface area (Å²) in [5.41, 5.74) is 1.41. The molecule has 1 atom stereocenters. The van der Waals surface area contributed by atoms with Crippen LogP contribution in [0.15, 0.2) is 47.4 Å². The summed E-state index contributed by atoms with van der Waals surface area (Å²) in [6.45, 7) is 2.49. The van der Waals surface area contributed by atoms with Crippen LogP contribution in [0.1, 0.15) is 13.3 Å². The molecule has 0 aliphatic carbocycles. The first-order valence-electron chi connectivity index (χ1n) is 8.27. The summed E-state index contributed by atoms with van der Waals surface area (Å²) >= 11 is 1.38. The summed E-state index contributed by atoms with van der Waals surface area (Å²) in [5, 5.41) is 5.17. The molecule has 0 aromatic heterocycles. The van der Waals surface area contributed by atoms with Gasteiger partial charge >= 0.3 is 0 Å². The molecule has 2 aromatic rings. The van der Waals surface area contributed by atoms with Crippen LogP contribution in [0.4, 0.5) is 11.4 Å².